The van der Waals surface area contributed by atoms with Crippen LogP contribution in [0.3, 0.4) is 0 Å². The summed E-state index contributed by atoms with van der Waals surface area (Å²) >= 11 is 6.08. The first kappa shape index (κ1) is 18.7. The van der Waals surface area contributed by atoms with Crippen molar-refractivity contribution in [1.82, 2.24) is 14.9 Å². The van der Waals surface area contributed by atoms with Gasteiger partial charge in [-0.05, 0) is 41.5 Å². The van der Waals surface area contributed by atoms with Gasteiger partial charge < -0.3 is 14.6 Å². The van der Waals surface area contributed by atoms with Gasteiger partial charge in [0.2, 0.25) is 0 Å². The third-order valence-corrected chi connectivity index (χ3v) is 5.72. The first-order valence-corrected chi connectivity index (χ1v) is 10.2. The number of carbonyl (C=O) groups is 1. The van der Waals surface area contributed by atoms with Crippen molar-refractivity contribution in [2.45, 2.75) is 18.6 Å². The molecule has 0 saturated carbocycles. The molecule has 2 heterocycles. The number of aryl methyl sites for hydroxylation is 1. The zero-order chi connectivity index (χ0) is 20.7. The van der Waals surface area contributed by atoms with Crippen molar-refractivity contribution in [3.63, 3.8) is 0 Å². The fraction of sp³-hybridized carbons (Fsp3) is 0.167. The standard InChI is InChI=1S/C24H20ClN3O2/c1-28-19-10-6-5-9-18(19)26-23(28)22(15-7-3-2-4-8-15)27-24(29)21-14-16-13-17(25)11-12-20(16)30-21/h2-13,21-22H,14H2,1H3,(H,27,29). The molecule has 3 aromatic carbocycles. The molecule has 0 fully saturated rings. The Bertz CT molecular complexity index is 1240. The van der Waals surface area contributed by atoms with E-state index in [4.69, 9.17) is 21.3 Å². The van der Waals surface area contributed by atoms with Crippen molar-refractivity contribution >= 4 is 28.5 Å². The van der Waals surface area contributed by atoms with Gasteiger partial charge in [-0.15, -0.1) is 0 Å². The lowest BCUT2D eigenvalue weighted by atomic mass is 10.0. The minimum Gasteiger partial charge on any atom is -0.480 e. The van der Waals surface area contributed by atoms with Crippen LogP contribution in [0.4, 0.5) is 0 Å². The maximum absolute atomic E-state index is 13.2. The summed E-state index contributed by atoms with van der Waals surface area (Å²) in [4.78, 5) is 18.0. The van der Waals surface area contributed by atoms with Gasteiger partial charge >= 0.3 is 0 Å². The van der Waals surface area contributed by atoms with Crippen LogP contribution < -0.4 is 10.1 Å². The lowest BCUT2D eigenvalue weighted by Crippen LogP contribution is -2.40. The molecule has 5 rings (SSSR count). The molecule has 5 nitrogen and oxygen atoms in total. The highest BCUT2D eigenvalue weighted by atomic mass is 35.5. The average Bonchev–Trinajstić information content (AvgIpc) is 3.34. The molecule has 0 bridgehead atoms. The second-order valence-electron chi connectivity index (χ2n) is 7.43. The summed E-state index contributed by atoms with van der Waals surface area (Å²) < 4.78 is 7.91. The highest BCUT2D eigenvalue weighted by Gasteiger charge is 2.32. The first-order chi connectivity index (χ1) is 14.6. The van der Waals surface area contributed by atoms with Crippen LogP contribution >= 0.6 is 11.6 Å². The van der Waals surface area contributed by atoms with Crippen LogP contribution in [0.15, 0.2) is 72.8 Å². The Morgan fingerprint density at radius 1 is 1.13 bits per heavy atom. The fourth-order valence-corrected chi connectivity index (χ4v) is 4.16. The van der Waals surface area contributed by atoms with E-state index in [-0.39, 0.29) is 5.91 Å². The van der Waals surface area contributed by atoms with E-state index in [1.54, 1.807) is 6.07 Å². The Kier molecular flexibility index (Phi) is 4.68. The number of aromatic nitrogens is 2. The predicted octanol–water partition coefficient (Wildman–Crippen LogP) is 4.44. The molecular weight excluding hydrogens is 398 g/mol. The third kappa shape index (κ3) is 3.31. The summed E-state index contributed by atoms with van der Waals surface area (Å²) in [5.41, 5.74) is 3.82. The molecule has 1 aromatic heterocycles. The number of carbonyl (C=O) groups excluding carboxylic acids is 1. The van der Waals surface area contributed by atoms with Gasteiger partial charge in [0, 0.05) is 18.5 Å². The van der Waals surface area contributed by atoms with Gasteiger partial charge in [0.25, 0.3) is 5.91 Å². The normalized spacial score (nSPS) is 16.1. The summed E-state index contributed by atoms with van der Waals surface area (Å²) in [6, 6.07) is 22.8. The van der Waals surface area contributed by atoms with Crippen LogP contribution in [0, 0.1) is 0 Å². The van der Waals surface area contributed by atoms with E-state index in [0.29, 0.717) is 17.2 Å². The first-order valence-electron chi connectivity index (χ1n) is 9.82. The van der Waals surface area contributed by atoms with E-state index >= 15 is 0 Å². The van der Waals surface area contributed by atoms with Crippen LogP contribution in [0.1, 0.15) is 23.0 Å². The SMILES string of the molecule is Cn1c(C(NC(=O)C2Cc3cc(Cl)ccc3O2)c2ccccc2)nc2ccccc21. The van der Waals surface area contributed by atoms with Crippen molar-refractivity contribution in [1.29, 1.82) is 0 Å². The van der Waals surface area contributed by atoms with Gasteiger partial charge in [0.1, 0.15) is 17.6 Å². The van der Waals surface area contributed by atoms with Gasteiger partial charge in [0.15, 0.2) is 6.10 Å². The molecule has 1 N–H and O–H groups in total. The Labute approximate surface area is 179 Å². The van der Waals surface area contributed by atoms with E-state index in [2.05, 4.69) is 5.32 Å². The molecule has 2 atom stereocenters. The van der Waals surface area contributed by atoms with Crippen LogP contribution in [0.25, 0.3) is 11.0 Å². The lowest BCUT2D eigenvalue weighted by Gasteiger charge is -2.21. The molecule has 2 unspecified atom stereocenters. The molecule has 30 heavy (non-hydrogen) atoms. The van der Waals surface area contributed by atoms with Gasteiger partial charge in [0.05, 0.1) is 11.0 Å². The van der Waals surface area contributed by atoms with Crippen LogP contribution in [-0.4, -0.2) is 21.6 Å². The molecule has 0 aliphatic carbocycles. The van der Waals surface area contributed by atoms with E-state index < -0.39 is 12.1 Å². The monoisotopic (exact) mass is 417 g/mol. The zero-order valence-electron chi connectivity index (χ0n) is 16.4. The number of ether oxygens (including phenoxy) is 1. The molecule has 0 spiro atoms. The number of imidazole rings is 1. The number of benzene rings is 3. The van der Waals surface area contributed by atoms with Gasteiger partial charge in [-0.1, -0.05) is 54.1 Å². The zero-order valence-corrected chi connectivity index (χ0v) is 17.1. The summed E-state index contributed by atoms with van der Waals surface area (Å²) in [6.45, 7) is 0. The largest absolute Gasteiger partial charge is 0.480 e. The van der Waals surface area contributed by atoms with E-state index in [0.717, 1.165) is 28.0 Å². The summed E-state index contributed by atoms with van der Waals surface area (Å²) in [5.74, 6) is 1.30. The topological polar surface area (TPSA) is 56.2 Å². The van der Waals surface area contributed by atoms with Crippen LogP contribution in [0.5, 0.6) is 5.75 Å². The van der Waals surface area contributed by atoms with Crippen molar-refractivity contribution in [2.24, 2.45) is 7.05 Å². The highest BCUT2D eigenvalue weighted by Crippen LogP contribution is 2.32. The molecule has 6 heteroatoms. The smallest absolute Gasteiger partial charge is 0.262 e. The minimum absolute atomic E-state index is 0.178. The number of amides is 1. The number of rotatable bonds is 4. The molecule has 4 aromatic rings. The highest BCUT2D eigenvalue weighted by molar-refractivity contribution is 6.30. The average molecular weight is 418 g/mol. The van der Waals surface area contributed by atoms with Crippen LogP contribution in [-0.2, 0) is 18.3 Å². The maximum atomic E-state index is 13.2. The molecule has 1 amide bonds. The molecule has 1 aliphatic heterocycles. The molecule has 0 saturated heterocycles. The van der Waals surface area contributed by atoms with Gasteiger partial charge in [-0.2, -0.15) is 0 Å². The summed E-state index contributed by atoms with van der Waals surface area (Å²) in [5, 5.41) is 3.80. The van der Waals surface area contributed by atoms with Crippen LogP contribution in [0.2, 0.25) is 5.02 Å². The Balaban J connectivity index is 1.47. The van der Waals surface area contributed by atoms with Crippen molar-refractivity contribution in [3.05, 3.63) is 94.8 Å². The van der Waals surface area contributed by atoms with E-state index in [1.807, 2.05) is 78.3 Å². The second-order valence-corrected chi connectivity index (χ2v) is 7.87. The molecule has 0 radical (unpaired) electrons. The third-order valence-electron chi connectivity index (χ3n) is 5.49. The number of fused-ring (bicyclic) bond motifs is 2. The van der Waals surface area contributed by atoms with E-state index in [1.165, 1.54) is 0 Å². The Hall–Kier alpha value is -3.31. The Morgan fingerprint density at radius 2 is 1.90 bits per heavy atom. The van der Waals surface area contributed by atoms with E-state index in [9.17, 15) is 4.79 Å². The fourth-order valence-electron chi connectivity index (χ4n) is 3.96. The molecule has 1 aliphatic rings. The lowest BCUT2D eigenvalue weighted by molar-refractivity contribution is -0.127. The Morgan fingerprint density at radius 3 is 2.70 bits per heavy atom. The van der Waals surface area contributed by atoms with Gasteiger partial charge in [-0.25, -0.2) is 4.98 Å². The summed E-state index contributed by atoms with van der Waals surface area (Å²) in [6.07, 6.45) is -0.106. The minimum atomic E-state index is -0.598. The number of para-hydroxylation sites is 2. The predicted molar refractivity (Wildman–Crippen MR) is 117 cm³/mol. The summed E-state index contributed by atoms with van der Waals surface area (Å²) in [7, 11) is 1.97. The second kappa shape index (κ2) is 7.50. The molecular formula is C24H20ClN3O2. The van der Waals surface area contributed by atoms with Gasteiger partial charge in [-0.3, -0.25) is 4.79 Å². The van der Waals surface area contributed by atoms with Crippen molar-refractivity contribution < 1.29 is 9.53 Å². The quantitative estimate of drug-likeness (QED) is 0.534. The van der Waals surface area contributed by atoms with Crippen molar-refractivity contribution in [3.8, 4) is 5.75 Å². The number of hydrogen-bond donors (Lipinski definition) is 1. The molecule has 150 valence electrons. The number of nitrogens with zero attached hydrogens (tertiary/aromatic N) is 2. The number of halogens is 1. The number of nitrogens with one attached hydrogen (secondary N) is 1. The maximum Gasteiger partial charge on any atom is 0.262 e. The van der Waals surface area contributed by atoms with Crippen molar-refractivity contribution in [2.75, 3.05) is 0 Å². The number of hydrogen-bond acceptors (Lipinski definition) is 3.